The molecule has 0 unspecified atom stereocenters. The van der Waals surface area contributed by atoms with Crippen LogP contribution < -0.4 is 0 Å². The maximum atomic E-state index is 5.18. The monoisotopic (exact) mass is 565 g/mol. The van der Waals surface area contributed by atoms with E-state index in [1.807, 2.05) is 36.4 Å². The highest BCUT2D eigenvalue weighted by Gasteiger charge is 2.25. The van der Waals surface area contributed by atoms with Crippen molar-refractivity contribution in [1.82, 2.24) is 24.1 Å². The number of benzene rings is 5. The van der Waals surface area contributed by atoms with Crippen molar-refractivity contribution in [3.05, 3.63) is 145 Å². The molecule has 0 saturated heterocycles. The summed E-state index contributed by atoms with van der Waals surface area (Å²) in [6.45, 7) is 0. The first-order valence-electron chi connectivity index (χ1n) is 15.0. The average Bonchev–Trinajstić information content (AvgIpc) is 3.62. The van der Waals surface area contributed by atoms with Gasteiger partial charge in [0.25, 0.3) is 0 Å². The van der Waals surface area contributed by atoms with Crippen LogP contribution in [0.25, 0.3) is 73.2 Å². The van der Waals surface area contributed by atoms with Gasteiger partial charge in [-0.05, 0) is 48.7 Å². The number of para-hydroxylation sites is 2. The van der Waals surface area contributed by atoms with Crippen molar-refractivity contribution in [2.45, 2.75) is 12.8 Å². The lowest BCUT2D eigenvalue weighted by Crippen LogP contribution is -2.06. The normalized spacial score (nSPS) is 12.7. The van der Waals surface area contributed by atoms with Crippen LogP contribution in [0.15, 0.2) is 133 Å². The fourth-order valence-corrected chi connectivity index (χ4v) is 6.73. The molecule has 0 fully saturated rings. The van der Waals surface area contributed by atoms with E-state index in [1.54, 1.807) is 0 Å². The van der Waals surface area contributed by atoms with Crippen LogP contribution in [0.5, 0.6) is 0 Å². The molecule has 0 saturated carbocycles. The van der Waals surface area contributed by atoms with Crippen molar-refractivity contribution in [2.75, 3.05) is 0 Å². The van der Waals surface area contributed by atoms with Crippen molar-refractivity contribution < 1.29 is 0 Å². The lowest BCUT2D eigenvalue weighted by Gasteiger charge is -2.12. The number of aryl methyl sites for hydroxylation is 1. The maximum Gasteiger partial charge on any atom is 0.238 e. The van der Waals surface area contributed by atoms with E-state index in [-0.39, 0.29) is 0 Å². The summed E-state index contributed by atoms with van der Waals surface area (Å²) in [6, 6.07) is 44.2. The Kier molecular flexibility index (Phi) is 5.56. The van der Waals surface area contributed by atoms with Crippen LogP contribution in [0.3, 0.4) is 0 Å². The van der Waals surface area contributed by atoms with E-state index in [1.165, 1.54) is 32.9 Å². The zero-order valence-electron chi connectivity index (χ0n) is 23.9. The summed E-state index contributed by atoms with van der Waals surface area (Å²) in [4.78, 5) is 15.3. The number of nitrogens with zero attached hydrogens (tertiary/aromatic N) is 5. The number of rotatable bonds is 4. The minimum Gasteiger partial charge on any atom is -0.310 e. The van der Waals surface area contributed by atoms with Gasteiger partial charge in [0.1, 0.15) is 0 Å². The fourth-order valence-electron chi connectivity index (χ4n) is 6.73. The Hall–Kier alpha value is -5.81. The van der Waals surface area contributed by atoms with Gasteiger partial charge in [-0.1, -0.05) is 109 Å². The molecule has 9 rings (SSSR count). The molecule has 3 aromatic heterocycles. The lowest BCUT2D eigenvalue weighted by molar-refractivity contribution is 0.952. The molecule has 1 aliphatic carbocycles. The number of hydrogen-bond donors (Lipinski definition) is 0. The molecule has 3 heterocycles. The first-order chi connectivity index (χ1) is 21.8. The molecule has 8 aromatic rings. The van der Waals surface area contributed by atoms with E-state index in [2.05, 4.69) is 112 Å². The van der Waals surface area contributed by atoms with Gasteiger partial charge in [0.15, 0.2) is 11.6 Å². The molecule has 0 bridgehead atoms. The van der Waals surface area contributed by atoms with Crippen molar-refractivity contribution >= 4 is 38.8 Å². The first-order valence-corrected chi connectivity index (χ1v) is 15.0. The fraction of sp³-hybridized carbons (Fsp3) is 0.0513. The summed E-state index contributed by atoms with van der Waals surface area (Å²) < 4.78 is 4.67. The summed E-state index contributed by atoms with van der Waals surface area (Å²) in [7, 11) is 0. The minimum absolute atomic E-state index is 0.615. The Balaban J connectivity index is 1.44. The molecule has 0 spiro atoms. The molecule has 0 radical (unpaired) electrons. The van der Waals surface area contributed by atoms with Gasteiger partial charge in [0.2, 0.25) is 5.95 Å². The van der Waals surface area contributed by atoms with Gasteiger partial charge in [-0.3, -0.25) is 4.57 Å². The molecule has 0 atom stereocenters. The molecular formula is C39H27N5. The molecule has 5 nitrogen and oxygen atoms in total. The summed E-state index contributed by atoms with van der Waals surface area (Å²) >= 11 is 0. The van der Waals surface area contributed by atoms with Crippen LogP contribution in [-0.4, -0.2) is 24.1 Å². The van der Waals surface area contributed by atoms with Gasteiger partial charge in [0.05, 0.1) is 16.6 Å². The van der Waals surface area contributed by atoms with E-state index in [4.69, 9.17) is 15.0 Å². The lowest BCUT2D eigenvalue weighted by atomic mass is 9.99. The average molecular weight is 566 g/mol. The van der Waals surface area contributed by atoms with Gasteiger partial charge < -0.3 is 4.57 Å². The maximum absolute atomic E-state index is 5.18. The van der Waals surface area contributed by atoms with Crippen LogP contribution in [0.2, 0.25) is 0 Å². The second-order valence-electron chi connectivity index (χ2n) is 11.2. The Morgan fingerprint density at radius 3 is 1.86 bits per heavy atom. The molecule has 0 amide bonds. The van der Waals surface area contributed by atoms with Crippen molar-refractivity contribution in [1.29, 1.82) is 0 Å². The largest absolute Gasteiger partial charge is 0.310 e. The molecule has 0 N–H and O–H groups in total. The zero-order valence-corrected chi connectivity index (χ0v) is 23.9. The van der Waals surface area contributed by atoms with Gasteiger partial charge in [-0.25, -0.2) is 4.98 Å². The van der Waals surface area contributed by atoms with E-state index in [9.17, 15) is 0 Å². The van der Waals surface area contributed by atoms with Crippen molar-refractivity contribution in [2.24, 2.45) is 0 Å². The van der Waals surface area contributed by atoms with Crippen LogP contribution in [-0.2, 0) is 6.42 Å². The van der Waals surface area contributed by atoms with Crippen molar-refractivity contribution in [3.8, 4) is 34.4 Å². The van der Waals surface area contributed by atoms with E-state index >= 15 is 0 Å². The van der Waals surface area contributed by atoms with Crippen LogP contribution in [0.1, 0.15) is 17.7 Å². The van der Waals surface area contributed by atoms with Crippen molar-refractivity contribution in [3.63, 3.8) is 0 Å². The number of aromatic nitrogens is 5. The summed E-state index contributed by atoms with van der Waals surface area (Å²) in [5.74, 6) is 1.92. The number of allylic oxidation sites excluding steroid dienone is 1. The van der Waals surface area contributed by atoms with Gasteiger partial charge >= 0.3 is 0 Å². The second kappa shape index (κ2) is 9.89. The molecule has 5 aromatic carbocycles. The van der Waals surface area contributed by atoms with Crippen LogP contribution >= 0.6 is 0 Å². The summed E-state index contributed by atoms with van der Waals surface area (Å²) in [6.07, 6.45) is 6.57. The smallest absolute Gasteiger partial charge is 0.238 e. The second-order valence-corrected chi connectivity index (χ2v) is 11.2. The minimum atomic E-state index is 0.615. The van der Waals surface area contributed by atoms with E-state index in [0.717, 1.165) is 40.7 Å². The van der Waals surface area contributed by atoms with Gasteiger partial charge in [0, 0.05) is 38.7 Å². The summed E-state index contributed by atoms with van der Waals surface area (Å²) in [5.41, 5.74) is 9.07. The third-order valence-corrected chi connectivity index (χ3v) is 8.65. The standard InChI is InChI=1S/C39H27N5/c1-4-14-26(15-5-1)37-40-38(27-16-6-2-7-17-27)42-39(41-37)44-32-22-12-10-20-29(32)30-24-25-34-35(36(30)44)31-21-11-13-23-33(31)43(34)28-18-8-3-9-19-28/h1-10,12-20,22-25H,11,21H2. The summed E-state index contributed by atoms with van der Waals surface area (Å²) in [5, 5.41) is 3.63. The Bertz CT molecular complexity index is 2310. The topological polar surface area (TPSA) is 48.5 Å². The Labute approximate surface area is 254 Å². The molecule has 44 heavy (non-hydrogen) atoms. The zero-order chi connectivity index (χ0) is 29.0. The number of fused-ring (bicyclic) bond motifs is 7. The Morgan fingerprint density at radius 2 is 1.16 bits per heavy atom. The SMILES string of the molecule is C1=Cc2c(c3c(ccc4c5ccccc5n(-c5nc(-c6ccccc6)nc(-c6ccccc6)n5)c43)n2-c2ccccc2)CC1. The molecule has 5 heteroatoms. The Morgan fingerprint density at radius 1 is 0.523 bits per heavy atom. The predicted octanol–water partition coefficient (Wildman–Crippen LogP) is 9.21. The predicted molar refractivity (Wildman–Crippen MR) is 179 cm³/mol. The van der Waals surface area contributed by atoms with E-state index in [0.29, 0.717) is 17.6 Å². The van der Waals surface area contributed by atoms with Crippen LogP contribution in [0, 0.1) is 0 Å². The molecule has 208 valence electrons. The molecular weight excluding hydrogens is 538 g/mol. The number of hydrogen-bond acceptors (Lipinski definition) is 3. The highest BCUT2D eigenvalue weighted by molar-refractivity contribution is 6.19. The third-order valence-electron chi connectivity index (χ3n) is 8.65. The highest BCUT2D eigenvalue weighted by atomic mass is 15.2. The van der Waals surface area contributed by atoms with E-state index < -0.39 is 0 Å². The molecule has 0 aliphatic heterocycles. The quantitative estimate of drug-likeness (QED) is 0.214. The third kappa shape index (κ3) is 3.76. The van der Waals surface area contributed by atoms with Gasteiger partial charge in [-0.15, -0.1) is 0 Å². The van der Waals surface area contributed by atoms with Crippen LogP contribution in [0.4, 0.5) is 0 Å². The van der Waals surface area contributed by atoms with Gasteiger partial charge in [-0.2, -0.15) is 9.97 Å². The highest BCUT2D eigenvalue weighted by Crippen LogP contribution is 2.42. The molecule has 1 aliphatic rings. The first kappa shape index (κ1) is 24.8.